The molecular weight excluding hydrogens is 304 g/mol. The van der Waals surface area contributed by atoms with Gasteiger partial charge in [-0.2, -0.15) is 0 Å². The molecule has 0 aromatic heterocycles. The number of hydrogen-bond acceptors (Lipinski definition) is 3. The van der Waals surface area contributed by atoms with Crippen molar-refractivity contribution in [2.45, 2.75) is 70.0 Å². The van der Waals surface area contributed by atoms with Gasteiger partial charge in [0, 0.05) is 31.7 Å². The Morgan fingerprint density at radius 2 is 1.67 bits per heavy atom. The first-order chi connectivity index (χ1) is 11.6. The molecule has 1 atom stereocenters. The van der Waals surface area contributed by atoms with E-state index in [9.17, 15) is 9.59 Å². The monoisotopic (exact) mass is 336 g/mol. The lowest BCUT2D eigenvalue weighted by molar-refractivity contribution is -0.126. The smallest absolute Gasteiger partial charge is 0.315 e. The minimum atomic E-state index is -0.137. The van der Waals surface area contributed by atoms with Crippen LogP contribution >= 0.6 is 0 Å². The maximum absolute atomic E-state index is 12.1. The largest absolute Gasteiger partial charge is 0.351 e. The topological polar surface area (TPSA) is 73.5 Å². The number of piperidine rings is 1. The van der Waals surface area contributed by atoms with Crippen molar-refractivity contribution in [2.75, 3.05) is 19.6 Å². The van der Waals surface area contributed by atoms with Gasteiger partial charge in [-0.15, -0.1) is 6.58 Å². The predicted octanol–water partition coefficient (Wildman–Crippen LogP) is 1.77. The van der Waals surface area contributed by atoms with Crippen molar-refractivity contribution >= 4 is 11.9 Å². The van der Waals surface area contributed by atoms with Gasteiger partial charge in [0.05, 0.1) is 6.04 Å². The Bertz CT molecular complexity index is 427. The van der Waals surface area contributed by atoms with Gasteiger partial charge in [-0.25, -0.2) is 4.79 Å². The lowest BCUT2D eigenvalue weighted by atomic mass is 9.96. The fourth-order valence-electron chi connectivity index (χ4n) is 3.58. The number of carbonyl (C=O) groups is 2. The summed E-state index contributed by atoms with van der Waals surface area (Å²) in [5, 5.41) is 9.04. The first-order valence-electron chi connectivity index (χ1n) is 9.30. The van der Waals surface area contributed by atoms with Gasteiger partial charge >= 0.3 is 6.03 Å². The van der Waals surface area contributed by atoms with Crippen LogP contribution in [0.1, 0.15) is 51.9 Å². The van der Waals surface area contributed by atoms with Crippen LogP contribution in [0.4, 0.5) is 4.79 Å². The fraction of sp³-hybridized carbons (Fsp3) is 0.778. The molecule has 1 aliphatic heterocycles. The van der Waals surface area contributed by atoms with Gasteiger partial charge in [0.15, 0.2) is 0 Å². The van der Waals surface area contributed by atoms with E-state index in [1.807, 2.05) is 6.92 Å². The van der Waals surface area contributed by atoms with Crippen molar-refractivity contribution in [3.63, 3.8) is 0 Å². The van der Waals surface area contributed by atoms with E-state index in [4.69, 9.17) is 0 Å². The summed E-state index contributed by atoms with van der Waals surface area (Å²) in [6.07, 6.45) is 9.38. The molecule has 1 saturated carbocycles. The summed E-state index contributed by atoms with van der Waals surface area (Å²) >= 11 is 0. The second kappa shape index (κ2) is 9.67. The average molecular weight is 336 g/mol. The van der Waals surface area contributed by atoms with Gasteiger partial charge < -0.3 is 16.0 Å². The molecular formula is C18H32N4O2. The van der Waals surface area contributed by atoms with Gasteiger partial charge in [-0.05, 0) is 32.6 Å². The van der Waals surface area contributed by atoms with E-state index in [2.05, 4.69) is 27.4 Å². The number of nitrogens with one attached hydrogen (secondary N) is 3. The van der Waals surface area contributed by atoms with Crippen LogP contribution in [0.15, 0.2) is 12.7 Å². The molecule has 2 fully saturated rings. The summed E-state index contributed by atoms with van der Waals surface area (Å²) in [4.78, 5) is 26.3. The van der Waals surface area contributed by atoms with Crippen molar-refractivity contribution in [1.29, 1.82) is 0 Å². The van der Waals surface area contributed by atoms with Gasteiger partial charge in [0.1, 0.15) is 0 Å². The Balaban J connectivity index is 1.67. The molecule has 1 saturated heterocycles. The summed E-state index contributed by atoms with van der Waals surface area (Å²) in [5.41, 5.74) is 0. The third-order valence-corrected chi connectivity index (χ3v) is 5.15. The van der Waals surface area contributed by atoms with Crippen molar-refractivity contribution < 1.29 is 9.59 Å². The molecule has 136 valence electrons. The summed E-state index contributed by atoms with van der Waals surface area (Å²) in [7, 11) is 0. The number of carbonyl (C=O) groups excluding carboxylic acids is 2. The summed E-state index contributed by atoms with van der Waals surface area (Å²) in [5.74, 6) is 0.0383. The van der Waals surface area contributed by atoms with E-state index in [1.165, 1.54) is 19.3 Å². The third-order valence-electron chi connectivity index (χ3n) is 5.15. The number of amides is 3. The maximum atomic E-state index is 12.1. The average Bonchev–Trinajstić information content (AvgIpc) is 2.60. The molecule has 0 aromatic rings. The molecule has 3 N–H and O–H groups in total. The van der Waals surface area contributed by atoms with E-state index in [0.29, 0.717) is 12.6 Å². The highest BCUT2D eigenvalue weighted by atomic mass is 16.2. The molecule has 1 heterocycles. The van der Waals surface area contributed by atoms with Crippen LogP contribution in [0.25, 0.3) is 0 Å². The fourth-order valence-corrected chi connectivity index (χ4v) is 3.58. The predicted molar refractivity (Wildman–Crippen MR) is 95.8 cm³/mol. The second-order valence-corrected chi connectivity index (χ2v) is 6.97. The maximum Gasteiger partial charge on any atom is 0.315 e. The molecule has 0 spiro atoms. The quantitative estimate of drug-likeness (QED) is 0.647. The highest BCUT2D eigenvalue weighted by Gasteiger charge is 2.27. The van der Waals surface area contributed by atoms with E-state index in [0.717, 1.165) is 38.8 Å². The molecule has 3 amide bonds. The third kappa shape index (κ3) is 5.82. The van der Waals surface area contributed by atoms with Gasteiger partial charge in [0.2, 0.25) is 5.91 Å². The van der Waals surface area contributed by atoms with Crippen molar-refractivity contribution in [3.8, 4) is 0 Å². The van der Waals surface area contributed by atoms with Crippen molar-refractivity contribution in [2.24, 2.45) is 0 Å². The Hall–Kier alpha value is -1.56. The zero-order valence-corrected chi connectivity index (χ0v) is 14.9. The number of nitrogens with zero attached hydrogens (tertiary/aromatic N) is 1. The number of rotatable bonds is 6. The first kappa shape index (κ1) is 18.8. The normalized spacial score (nSPS) is 21.7. The van der Waals surface area contributed by atoms with Crippen LogP contribution in [0.3, 0.4) is 0 Å². The Morgan fingerprint density at radius 3 is 2.25 bits per heavy atom. The first-order valence-corrected chi connectivity index (χ1v) is 9.30. The molecule has 6 nitrogen and oxygen atoms in total. The summed E-state index contributed by atoms with van der Waals surface area (Å²) < 4.78 is 0. The van der Waals surface area contributed by atoms with Gasteiger partial charge in [0.25, 0.3) is 0 Å². The van der Waals surface area contributed by atoms with E-state index >= 15 is 0 Å². The zero-order valence-electron chi connectivity index (χ0n) is 14.9. The van der Waals surface area contributed by atoms with Crippen LogP contribution < -0.4 is 16.0 Å². The highest BCUT2D eigenvalue weighted by molar-refractivity contribution is 5.81. The lowest BCUT2D eigenvalue weighted by Gasteiger charge is -2.35. The molecule has 0 unspecified atom stereocenters. The summed E-state index contributed by atoms with van der Waals surface area (Å²) in [6, 6.07) is 0.375. The van der Waals surface area contributed by atoms with Crippen molar-refractivity contribution in [3.05, 3.63) is 12.7 Å². The lowest BCUT2D eigenvalue weighted by Crippen LogP contribution is -2.53. The standard InChI is InChI=1S/C18H32N4O2/c1-3-11-19-17(23)14(2)22-12-9-16(10-13-22)21-18(24)20-15-7-5-4-6-8-15/h3,14-16H,1,4-13H2,2H3,(H,19,23)(H2,20,21,24)/t14-/m1/s1. The van der Waals surface area contributed by atoms with Crippen LogP contribution in [0.2, 0.25) is 0 Å². The zero-order chi connectivity index (χ0) is 17.4. The molecule has 0 radical (unpaired) electrons. The van der Waals surface area contributed by atoms with Crippen LogP contribution in [-0.4, -0.2) is 54.6 Å². The minimum Gasteiger partial charge on any atom is -0.351 e. The minimum absolute atomic E-state index is 0.0304. The van der Waals surface area contributed by atoms with E-state index in [-0.39, 0.29) is 24.0 Å². The Morgan fingerprint density at radius 1 is 1.08 bits per heavy atom. The molecule has 24 heavy (non-hydrogen) atoms. The van der Waals surface area contributed by atoms with E-state index < -0.39 is 0 Å². The Labute approximate surface area is 145 Å². The van der Waals surface area contributed by atoms with Crippen molar-refractivity contribution in [1.82, 2.24) is 20.9 Å². The molecule has 0 bridgehead atoms. The molecule has 2 aliphatic rings. The highest BCUT2D eigenvalue weighted by Crippen LogP contribution is 2.17. The molecule has 1 aliphatic carbocycles. The van der Waals surface area contributed by atoms with Crippen LogP contribution in [0, 0.1) is 0 Å². The molecule has 2 rings (SSSR count). The Kier molecular flexibility index (Phi) is 7.56. The number of likely N-dealkylation sites (tertiary alicyclic amines) is 1. The number of urea groups is 1. The molecule has 0 aromatic carbocycles. The van der Waals surface area contributed by atoms with Gasteiger partial charge in [-0.3, -0.25) is 9.69 Å². The SMILES string of the molecule is C=CCNC(=O)[C@@H](C)N1CCC(NC(=O)NC2CCCCC2)CC1. The van der Waals surface area contributed by atoms with Crippen LogP contribution in [0.5, 0.6) is 0 Å². The summed E-state index contributed by atoms with van der Waals surface area (Å²) in [6.45, 7) is 7.71. The van der Waals surface area contributed by atoms with Crippen LogP contribution in [-0.2, 0) is 4.79 Å². The van der Waals surface area contributed by atoms with Gasteiger partial charge in [-0.1, -0.05) is 25.3 Å². The second-order valence-electron chi connectivity index (χ2n) is 6.97. The van der Waals surface area contributed by atoms with E-state index in [1.54, 1.807) is 6.08 Å². The number of hydrogen-bond donors (Lipinski definition) is 3. The molecule has 6 heteroatoms.